The molecule has 0 aromatic heterocycles. The predicted octanol–water partition coefficient (Wildman–Crippen LogP) is 2.60. The second-order valence-corrected chi connectivity index (χ2v) is 8.73. The molecule has 2 aliphatic rings. The summed E-state index contributed by atoms with van der Waals surface area (Å²) in [5.74, 6) is 0.528. The molecule has 2 N–H and O–H groups in total. The molecule has 7 heteroatoms. The van der Waals surface area contributed by atoms with Gasteiger partial charge in [0.05, 0.1) is 12.1 Å². The Bertz CT molecular complexity index is 965. The summed E-state index contributed by atoms with van der Waals surface area (Å²) >= 11 is 0. The lowest BCUT2D eigenvalue weighted by Gasteiger charge is -2.35. The largest absolute Gasteiger partial charge is 0.480 e. The number of carbonyl (C=O) groups is 2. The normalized spacial score (nSPS) is 21.3. The summed E-state index contributed by atoms with van der Waals surface area (Å²) in [4.78, 5) is 28.8. The Labute approximate surface area is 189 Å². The van der Waals surface area contributed by atoms with Crippen LogP contribution >= 0.6 is 0 Å². The van der Waals surface area contributed by atoms with Crippen LogP contribution in [0, 0.1) is 0 Å². The van der Waals surface area contributed by atoms with Crippen molar-refractivity contribution in [2.75, 3.05) is 32.0 Å². The zero-order valence-corrected chi connectivity index (χ0v) is 18.7. The molecule has 1 fully saturated rings. The van der Waals surface area contributed by atoms with Crippen molar-refractivity contribution < 1.29 is 19.4 Å². The van der Waals surface area contributed by atoms with Gasteiger partial charge in [-0.25, -0.2) is 0 Å². The van der Waals surface area contributed by atoms with Gasteiger partial charge in [-0.3, -0.25) is 14.5 Å². The number of ether oxygens (including phenoxy) is 1. The molecule has 2 aromatic rings. The number of likely N-dealkylation sites (N-methyl/N-ethyl adjacent to an activating group) is 1. The van der Waals surface area contributed by atoms with Gasteiger partial charge >= 0.3 is 0 Å². The quantitative estimate of drug-likeness (QED) is 0.726. The van der Waals surface area contributed by atoms with Gasteiger partial charge in [-0.1, -0.05) is 30.3 Å². The average Bonchev–Trinajstić information content (AvgIpc) is 3.21. The Kier molecular flexibility index (Phi) is 6.77. The van der Waals surface area contributed by atoms with Crippen LogP contribution in [0.2, 0.25) is 0 Å². The number of nitrogens with zero attached hydrogens (tertiary/aromatic N) is 2. The van der Waals surface area contributed by atoms with E-state index in [2.05, 4.69) is 10.2 Å². The molecule has 0 spiro atoms. The molecule has 1 saturated heterocycles. The second kappa shape index (κ2) is 9.71. The van der Waals surface area contributed by atoms with Crippen molar-refractivity contribution in [3.63, 3.8) is 0 Å². The first-order chi connectivity index (χ1) is 15.4. The maximum Gasteiger partial charge on any atom is 0.263 e. The number of carbonyl (C=O) groups excluding carboxylic acids is 2. The number of amides is 2. The summed E-state index contributed by atoms with van der Waals surface area (Å²) in [6.45, 7) is 3.62. The molecule has 2 aromatic carbocycles. The average molecular weight is 438 g/mol. The summed E-state index contributed by atoms with van der Waals surface area (Å²) < 4.78 is 6.09. The number of aliphatic hydroxyl groups is 1. The molecule has 170 valence electrons. The Morgan fingerprint density at radius 3 is 2.69 bits per heavy atom. The number of aryl methyl sites for hydroxylation is 1. The second-order valence-electron chi connectivity index (χ2n) is 8.73. The van der Waals surface area contributed by atoms with E-state index in [1.54, 1.807) is 11.0 Å². The summed E-state index contributed by atoms with van der Waals surface area (Å²) in [7, 11) is 1.84. The number of β-amino-alcohol motifs (C(OH)–C–C–N with tert-alkyl or cyclic N) is 1. The van der Waals surface area contributed by atoms with Crippen molar-refractivity contribution in [2.24, 2.45) is 0 Å². The number of hydrogen-bond donors (Lipinski definition) is 2. The number of anilines is 1. The highest BCUT2D eigenvalue weighted by Gasteiger charge is 2.34. The number of aliphatic hydroxyl groups excluding tert-OH is 1. The van der Waals surface area contributed by atoms with Crippen molar-refractivity contribution in [3.05, 3.63) is 59.7 Å². The maximum absolute atomic E-state index is 13.4. The third kappa shape index (κ3) is 5.11. The van der Waals surface area contributed by atoms with Gasteiger partial charge in [-0.15, -0.1) is 0 Å². The summed E-state index contributed by atoms with van der Waals surface area (Å²) in [5, 5.41) is 12.7. The zero-order valence-electron chi connectivity index (χ0n) is 18.7. The van der Waals surface area contributed by atoms with Crippen LogP contribution in [0.1, 0.15) is 36.9 Å². The minimum atomic E-state index is -0.547. The molecule has 0 bridgehead atoms. The standard InChI is InChI=1S/C25H31N3O4/c1-17(29)26-20-9-11-23-19(14-20)8-10-24(32-23)25(31)27(2)22(18-6-4-3-5-7-18)16-28-13-12-21(30)15-28/h3-7,9,11,14,21-22,24,30H,8,10,12-13,15-16H2,1-2H3,(H,26,29). The number of nitrogens with one attached hydrogen (secondary N) is 1. The molecule has 3 atom stereocenters. The molecule has 4 rings (SSSR count). The minimum absolute atomic E-state index is 0.0461. The number of fused-ring (bicyclic) bond motifs is 1. The van der Waals surface area contributed by atoms with Gasteiger partial charge in [-0.2, -0.15) is 0 Å². The van der Waals surface area contributed by atoms with Gasteiger partial charge in [0.25, 0.3) is 5.91 Å². The van der Waals surface area contributed by atoms with E-state index < -0.39 is 6.10 Å². The summed E-state index contributed by atoms with van der Waals surface area (Å²) in [5.41, 5.74) is 2.80. The first kappa shape index (κ1) is 22.3. The maximum atomic E-state index is 13.4. The van der Waals surface area contributed by atoms with E-state index in [1.807, 2.05) is 49.5 Å². The Balaban J connectivity index is 1.48. The van der Waals surface area contributed by atoms with E-state index >= 15 is 0 Å². The Hall–Kier alpha value is -2.90. The molecule has 2 aliphatic heterocycles. The van der Waals surface area contributed by atoms with Gasteiger partial charge in [-0.05, 0) is 48.6 Å². The van der Waals surface area contributed by atoms with Crippen LogP contribution in [0.5, 0.6) is 5.75 Å². The third-order valence-electron chi connectivity index (χ3n) is 6.28. The van der Waals surface area contributed by atoms with Crippen LogP contribution in [-0.2, 0) is 16.0 Å². The summed E-state index contributed by atoms with van der Waals surface area (Å²) in [6, 6.07) is 15.4. The Morgan fingerprint density at radius 1 is 1.22 bits per heavy atom. The van der Waals surface area contributed by atoms with Crippen molar-refractivity contribution in [1.29, 1.82) is 0 Å². The lowest BCUT2D eigenvalue weighted by molar-refractivity contribution is -0.140. The van der Waals surface area contributed by atoms with Gasteiger partial charge in [0.2, 0.25) is 5.91 Å². The topological polar surface area (TPSA) is 82.1 Å². The molecule has 32 heavy (non-hydrogen) atoms. The van der Waals surface area contributed by atoms with Crippen molar-refractivity contribution in [2.45, 2.75) is 44.4 Å². The smallest absolute Gasteiger partial charge is 0.263 e. The zero-order chi connectivity index (χ0) is 22.7. The monoisotopic (exact) mass is 437 g/mol. The van der Waals surface area contributed by atoms with Crippen LogP contribution in [0.4, 0.5) is 5.69 Å². The van der Waals surface area contributed by atoms with Gasteiger partial charge in [0, 0.05) is 39.3 Å². The molecule has 7 nitrogen and oxygen atoms in total. The van der Waals surface area contributed by atoms with E-state index in [0.717, 1.165) is 29.8 Å². The molecule has 0 aliphatic carbocycles. The number of hydrogen-bond acceptors (Lipinski definition) is 5. The molecule has 2 amide bonds. The van der Waals surface area contributed by atoms with Gasteiger partial charge in [0.15, 0.2) is 6.10 Å². The summed E-state index contributed by atoms with van der Waals surface area (Å²) in [6.07, 6.45) is 1.22. The molecule has 2 heterocycles. The number of benzene rings is 2. The van der Waals surface area contributed by atoms with Crippen LogP contribution < -0.4 is 10.1 Å². The first-order valence-electron chi connectivity index (χ1n) is 11.2. The highest BCUT2D eigenvalue weighted by Crippen LogP contribution is 2.32. The predicted molar refractivity (Wildman–Crippen MR) is 122 cm³/mol. The van der Waals surface area contributed by atoms with Crippen molar-refractivity contribution >= 4 is 17.5 Å². The fraction of sp³-hybridized carbons (Fsp3) is 0.440. The molecular formula is C25H31N3O4. The van der Waals surface area contributed by atoms with E-state index in [0.29, 0.717) is 31.7 Å². The highest BCUT2D eigenvalue weighted by molar-refractivity contribution is 5.89. The molecule has 0 radical (unpaired) electrons. The highest BCUT2D eigenvalue weighted by atomic mass is 16.5. The Morgan fingerprint density at radius 2 is 2.00 bits per heavy atom. The lowest BCUT2D eigenvalue weighted by Crippen LogP contribution is -2.46. The fourth-order valence-electron chi connectivity index (χ4n) is 4.57. The lowest BCUT2D eigenvalue weighted by atomic mass is 9.99. The van der Waals surface area contributed by atoms with E-state index in [1.165, 1.54) is 6.92 Å². The van der Waals surface area contributed by atoms with Crippen molar-refractivity contribution in [1.82, 2.24) is 9.80 Å². The van der Waals surface area contributed by atoms with Crippen LogP contribution in [0.25, 0.3) is 0 Å². The molecular weight excluding hydrogens is 406 g/mol. The van der Waals surface area contributed by atoms with E-state index in [4.69, 9.17) is 4.74 Å². The molecule has 3 unspecified atom stereocenters. The molecule has 0 saturated carbocycles. The van der Waals surface area contributed by atoms with Crippen LogP contribution in [0.15, 0.2) is 48.5 Å². The van der Waals surface area contributed by atoms with Gasteiger partial charge in [0.1, 0.15) is 5.75 Å². The van der Waals surface area contributed by atoms with Crippen LogP contribution in [0.3, 0.4) is 0 Å². The minimum Gasteiger partial charge on any atom is -0.480 e. The van der Waals surface area contributed by atoms with Crippen molar-refractivity contribution in [3.8, 4) is 5.75 Å². The number of rotatable bonds is 6. The third-order valence-corrected chi connectivity index (χ3v) is 6.28. The first-order valence-corrected chi connectivity index (χ1v) is 11.2. The van der Waals surface area contributed by atoms with E-state index in [-0.39, 0.29) is 24.0 Å². The number of likely N-dealkylation sites (tertiary alicyclic amines) is 1. The van der Waals surface area contributed by atoms with Crippen LogP contribution in [-0.4, -0.2) is 65.6 Å². The van der Waals surface area contributed by atoms with E-state index in [9.17, 15) is 14.7 Å². The SMILES string of the molecule is CC(=O)Nc1ccc2c(c1)CCC(C(=O)N(C)C(CN1CCC(O)C1)c1ccccc1)O2. The fourth-order valence-corrected chi connectivity index (χ4v) is 4.57. The van der Waals surface area contributed by atoms with Gasteiger partial charge < -0.3 is 20.1 Å².